The SMILES string of the molecule is C#C.CNC(CC1CCC1)C(C)=O. The molecule has 1 unspecified atom stereocenters. The van der Waals surface area contributed by atoms with Gasteiger partial charge in [0, 0.05) is 0 Å². The molecule has 2 heteroatoms. The van der Waals surface area contributed by atoms with E-state index in [9.17, 15) is 4.79 Å². The van der Waals surface area contributed by atoms with Crippen molar-refractivity contribution in [2.24, 2.45) is 5.92 Å². The van der Waals surface area contributed by atoms with E-state index in [0.29, 0.717) is 0 Å². The molecule has 0 radical (unpaired) electrons. The number of likely N-dealkylation sites (N-methyl/N-ethyl adjacent to an activating group) is 1. The smallest absolute Gasteiger partial charge is 0.146 e. The molecule has 0 amide bonds. The first-order valence-electron chi connectivity index (χ1n) is 4.75. The van der Waals surface area contributed by atoms with Gasteiger partial charge in [0.1, 0.15) is 5.78 Å². The van der Waals surface area contributed by atoms with Gasteiger partial charge in [-0.3, -0.25) is 4.79 Å². The monoisotopic (exact) mass is 181 g/mol. The molecule has 1 fully saturated rings. The van der Waals surface area contributed by atoms with Crippen LogP contribution in [0.4, 0.5) is 0 Å². The predicted octanol–water partition coefficient (Wildman–Crippen LogP) is 1.60. The lowest BCUT2D eigenvalue weighted by atomic mass is 9.80. The van der Waals surface area contributed by atoms with Crippen LogP contribution in [0.3, 0.4) is 0 Å². The zero-order chi connectivity index (χ0) is 10.3. The molecule has 74 valence electrons. The highest BCUT2D eigenvalue weighted by atomic mass is 16.1. The van der Waals surface area contributed by atoms with Crippen molar-refractivity contribution in [3.05, 3.63) is 0 Å². The van der Waals surface area contributed by atoms with Crippen molar-refractivity contribution in [2.75, 3.05) is 7.05 Å². The zero-order valence-corrected chi connectivity index (χ0v) is 8.55. The second-order valence-electron chi connectivity index (χ2n) is 3.48. The summed E-state index contributed by atoms with van der Waals surface area (Å²) in [5.74, 6) is 1.09. The highest BCUT2D eigenvalue weighted by Gasteiger charge is 2.23. The van der Waals surface area contributed by atoms with Crippen LogP contribution < -0.4 is 5.32 Å². The molecule has 1 N–H and O–H groups in total. The molecule has 0 aliphatic heterocycles. The minimum Gasteiger partial charge on any atom is -0.311 e. The van der Waals surface area contributed by atoms with Gasteiger partial charge in [-0.1, -0.05) is 19.3 Å². The van der Waals surface area contributed by atoms with Gasteiger partial charge in [0.15, 0.2) is 0 Å². The summed E-state index contributed by atoms with van der Waals surface area (Å²) in [6.07, 6.45) is 13.1. The zero-order valence-electron chi connectivity index (χ0n) is 8.55. The van der Waals surface area contributed by atoms with Gasteiger partial charge < -0.3 is 5.32 Å². The van der Waals surface area contributed by atoms with Gasteiger partial charge in [-0.2, -0.15) is 0 Å². The van der Waals surface area contributed by atoms with E-state index in [2.05, 4.69) is 18.2 Å². The molecule has 1 atom stereocenters. The predicted molar refractivity (Wildman–Crippen MR) is 55.4 cm³/mol. The molecule has 1 rings (SSSR count). The lowest BCUT2D eigenvalue weighted by Crippen LogP contribution is -2.35. The lowest BCUT2D eigenvalue weighted by molar-refractivity contribution is -0.119. The van der Waals surface area contributed by atoms with E-state index in [4.69, 9.17) is 0 Å². The Labute approximate surface area is 81.1 Å². The standard InChI is InChI=1S/C9H17NO.C2H2/c1-7(11)9(10-2)6-8-4-3-5-8;1-2/h8-10H,3-6H2,1-2H3;1-2H. The van der Waals surface area contributed by atoms with E-state index in [0.717, 1.165) is 12.3 Å². The van der Waals surface area contributed by atoms with E-state index in [-0.39, 0.29) is 11.8 Å². The Balaban J connectivity index is 0.000000671. The van der Waals surface area contributed by atoms with Crippen molar-refractivity contribution < 1.29 is 4.79 Å². The van der Waals surface area contributed by atoms with Crippen molar-refractivity contribution in [1.29, 1.82) is 0 Å². The summed E-state index contributed by atoms with van der Waals surface area (Å²) >= 11 is 0. The molecule has 2 nitrogen and oxygen atoms in total. The minimum atomic E-state index is 0.111. The largest absolute Gasteiger partial charge is 0.311 e. The second-order valence-corrected chi connectivity index (χ2v) is 3.48. The second kappa shape index (κ2) is 6.68. The highest BCUT2D eigenvalue weighted by molar-refractivity contribution is 5.81. The summed E-state index contributed by atoms with van der Waals surface area (Å²) in [4.78, 5) is 11.0. The number of Topliss-reactive ketones (excluding diaryl/α,β-unsaturated/α-hetero) is 1. The molecule has 1 aliphatic rings. The molecule has 0 aromatic carbocycles. The number of hydrogen-bond acceptors (Lipinski definition) is 2. The summed E-state index contributed by atoms with van der Waals surface area (Å²) in [6.45, 7) is 1.67. The van der Waals surface area contributed by atoms with Crippen LogP contribution in [0.15, 0.2) is 0 Å². The molecule has 0 heterocycles. The molecule has 0 saturated heterocycles. The van der Waals surface area contributed by atoms with Gasteiger partial charge in [0.25, 0.3) is 0 Å². The molecule has 0 bridgehead atoms. The Morgan fingerprint density at radius 1 is 1.54 bits per heavy atom. The van der Waals surface area contributed by atoms with E-state index >= 15 is 0 Å². The van der Waals surface area contributed by atoms with Crippen molar-refractivity contribution in [1.82, 2.24) is 5.32 Å². The molecular formula is C11H19NO. The highest BCUT2D eigenvalue weighted by Crippen LogP contribution is 2.30. The Morgan fingerprint density at radius 2 is 2.08 bits per heavy atom. The van der Waals surface area contributed by atoms with Gasteiger partial charge in [-0.05, 0) is 26.3 Å². The maximum atomic E-state index is 11.0. The Bertz CT molecular complexity index is 170. The van der Waals surface area contributed by atoms with Gasteiger partial charge in [-0.15, -0.1) is 12.8 Å². The number of rotatable bonds is 4. The fraction of sp³-hybridized carbons (Fsp3) is 0.727. The van der Waals surface area contributed by atoms with Crippen LogP contribution in [0.1, 0.15) is 32.6 Å². The normalized spacial score (nSPS) is 17.8. The van der Waals surface area contributed by atoms with Gasteiger partial charge in [-0.25, -0.2) is 0 Å². The third-order valence-corrected chi connectivity index (χ3v) is 2.63. The van der Waals surface area contributed by atoms with E-state index in [1.807, 2.05) is 7.05 Å². The van der Waals surface area contributed by atoms with Crippen LogP contribution >= 0.6 is 0 Å². The summed E-state index contributed by atoms with van der Waals surface area (Å²) in [5, 5.41) is 3.05. The summed E-state index contributed by atoms with van der Waals surface area (Å²) in [5.41, 5.74) is 0. The molecule has 0 aromatic heterocycles. The number of hydrogen-bond donors (Lipinski definition) is 1. The third kappa shape index (κ3) is 4.10. The van der Waals surface area contributed by atoms with Crippen LogP contribution in [0.25, 0.3) is 0 Å². The fourth-order valence-corrected chi connectivity index (χ4v) is 1.55. The van der Waals surface area contributed by atoms with Crippen LogP contribution in [-0.4, -0.2) is 18.9 Å². The number of carbonyl (C=O) groups is 1. The lowest BCUT2D eigenvalue weighted by Gasteiger charge is -2.28. The van der Waals surface area contributed by atoms with Crippen LogP contribution in [0.2, 0.25) is 0 Å². The van der Waals surface area contributed by atoms with Crippen molar-refractivity contribution in [3.8, 4) is 12.8 Å². The number of ketones is 1. The van der Waals surface area contributed by atoms with Gasteiger partial charge in [0.2, 0.25) is 0 Å². The van der Waals surface area contributed by atoms with Crippen molar-refractivity contribution in [3.63, 3.8) is 0 Å². The first-order chi connectivity index (χ1) is 6.24. The van der Waals surface area contributed by atoms with Crippen LogP contribution in [0, 0.1) is 18.8 Å². The number of carbonyl (C=O) groups excluding carboxylic acids is 1. The minimum absolute atomic E-state index is 0.111. The molecule has 1 aliphatic carbocycles. The van der Waals surface area contributed by atoms with Crippen molar-refractivity contribution in [2.45, 2.75) is 38.6 Å². The molecular weight excluding hydrogens is 162 g/mol. The summed E-state index contributed by atoms with van der Waals surface area (Å²) in [7, 11) is 1.87. The fourth-order valence-electron chi connectivity index (χ4n) is 1.55. The van der Waals surface area contributed by atoms with Crippen LogP contribution in [0.5, 0.6) is 0 Å². The summed E-state index contributed by atoms with van der Waals surface area (Å²) in [6, 6.07) is 0.111. The Morgan fingerprint density at radius 3 is 2.31 bits per heavy atom. The summed E-state index contributed by atoms with van der Waals surface area (Å²) < 4.78 is 0. The molecule has 13 heavy (non-hydrogen) atoms. The number of nitrogens with one attached hydrogen (secondary N) is 1. The Hall–Kier alpha value is -0.810. The van der Waals surface area contributed by atoms with Crippen molar-refractivity contribution >= 4 is 5.78 Å². The van der Waals surface area contributed by atoms with Crippen LogP contribution in [-0.2, 0) is 4.79 Å². The topological polar surface area (TPSA) is 29.1 Å². The molecule has 0 spiro atoms. The van der Waals surface area contributed by atoms with Gasteiger partial charge >= 0.3 is 0 Å². The maximum Gasteiger partial charge on any atom is 0.146 e. The quantitative estimate of drug-likeness (QED) is 0.667. The third-order valence-electron chi connectivity index (χ3n) is 2.63. The average molecular weight is 181 g/mol. The molecule has 1 saturated carbocycles. The average Bonchev–Trinajstić information content (AvgIpc) is 2.06. The Kier molecular flexibility index (Phi) is 6.26. The van der Waals surface area contributed by atoms with E-state index in [1.54, 1.807) is 6.92 Å². The molecule has 0 aromatic rings. The van der Waals surface area contributed by atoms with E-state index in [1.165, 1.54) is 19.3 Å². The van der Waals surface area contributed by atoms with Gasteiger partial charge in [0.05, 0.1) is 6.04 Å². The maximum absolute atomic E-state index is 11.0. The van der Waals surface area contributed by atoms with E-state index < -0.39 is 0 Å². The number of terminal acetylenes is 1. The first kappa shape index (κ1) is 12.2. The first-order valence-corrected chi connectivity index (χ1v) is 4.75.